The molecule has 0 bridgehead atoms. The Labute approximate surface area is 127 Å². The van der Waals surface area contributed by atoms with Gasteiger partial charge in [0.05, 0.1) is 11.6 Å². The number of hydrogen-bond acceptors (Lipinski definition) is 3. The molecule has 2 atom stereocenters. The largest absolute Gasteiger partial charge is 0.374 e. The van der Waals surface area contributed by atoms with Gasteiger partial charge in [0, 0.05) is 6.61 Å². The number of hydrazine groups is 1. The Hall–Kier alpha value is -1.42. The highest BCUT2D eigenvalue weighted by molar-refractivity contribution is 5.85. The van der Waals surface area contributed by atoms with E-state index in [0.717, 1.165) is 12.8 Å². The van der Waals surface area contributed by atoms with Gasteiger partial charge in [0.2, 0.25) is 0 Å². The summed E-state index contributed by atoms with van der Waals surface area (Å²) in [5, 5.41) is 2.55. The van der Waals surface area contributed by atoms with Crippen molar-refractivity contribution in [2.45, 2.75) is 45.3 Å². The van der Waals surface area contributed by atoms with Gasteiger partial charge >= 0.3 is 0 Å². The van der Waals surface area contributed by atoms with E-state index in [9.17, 15) is 0 Å². The van der Waals surface area contributed by atoms with E-state index in [4.69, 9.17) is 10.6 Å². The minimum atomic E-state index is -0.263. The van der Waals surface area contributed by atoms with Gasteiger partial charge in [-0.15, -0.1) is 0 Å². The highest BCUT2D eigenvalue weighted by atomic mass is 16.5. The summed E-state index contributed by atoms with van der Waals surface area (Å²) in [5.74, 6) is 5.83. The van der Waals surface area contributed by atoms with E-state index in [1.54, 1.807) is 0 Å². The van der Waals surface area contributed by atoms with Gasteiger partial charge in [0.1, 0.15) is 0 Å². The van der Waals surface area contributed by atoms with Crippen molar-refractivity contribution >= 4 is 10.8 Å². The molecule has 0 spiro atoms. The van der Waals surface area contributed by atoms with Gasteiger partial charge < -0.3 is 4.74 Å². The summed E-state index contributed by atoms with van der Waals surface area (Å²) in [5.41, 5.74) is 4.00. The van der Waals surface area contributed by atoms with Gasteiger partial charge in [-0.05, 0) is 43.0 Å². The van der Waals surface area contributed by atoms with Crippen molar-refractivity contribution in [3.05, 3.63) is 48.0 Å². The summed E-state index contributed by atoms with van der Waals surface area (Å²) < 4.78 is 5.97. The van der Waals surface area contributed by atoms with Crippen molar-refractivity contribution in [3.8, 4) is 0 Å². The average molecular weight is 286 g/mol. The van der Waals surface area contributed by atoms with Crippen LogP contribution in [-0.4, -0.2) is 18.2 Å². The van der Waals surface area contributed by atoms with E-state index in [1.165, 1.54) is 16.3 Å². The highest BCUT2D eigenvalue weighted by Crippen LogP contribution is 2.26. The van der Waals surface area contributed by atoms with Crippen molar-refractivity contribution < 1.29 is 4.74 Å². The predicted molar refractivity (Wildman–Crippen MR) is 89.1 cm³/mol. The first-order chi connectivity index (χ1) is 10.1. The Morgan fingerprint density at radius 1 is 1.14 bits per heavy atom. The summed E-state index contributed by atoms with van der Waals surface area (Å²) >= 11 is 0. The molecule has 3 heteroatoms. The second kappa shape index (κ2) is 7.03. The molecule has 0 saturated carbocycles. The van der Waals surface area contributed by atoms with Crippen LogP contribution >= 0.6 is 0 Å². The molecule has 3 nitrogen and oxygen atoms in total. The van der Waals surface area contributed by atoms with Crippen molar-refractivity contribution in [2.75, 3.05) is 6.61 Å². The molecule has 0 amide bonds. The number of nitrogens with one attached hydrogen (secondary N) is 1. The van der Waals surface area contributed by atoms with E-state index in [2.05, 4.69) is 61.7 Å². The van der Waals surface area contributed by atoms with Crippen LogP contribution in [0.1, 0.15) is 32.8 Å². The summed E-state index contributed by atoms with van der Waals surface area (Å²) in [6.45, 7) is 6.99. The molecule has 21 heavy (non-hydrogen) atoms. The first-order valence-corrected chi connectivity index (χ1v) is 7.71. The quantitative estimate of drug-likeness (QED) is 0.605. The minimum absolute atomic E-state index is 0.0771. The molecule has 0 fully saturated rings. The van der Waals surface area contributed by atoms with Gasteiger partial charge in [0.25, 0.3) is 0 Å². The Morgan fingerprint density at radius 3 is 2.52 bits per heavy atom. The molecule has 0 heterocycles. The molecule has 2 aromatic rings. The summed E-state index contributed by atoms with van der Waals surface area (Å²) in [6, 6.07) is 15.0. The Bertz CT molecular complexity index is 579. The van der Waals surface area contributed by atoms with E-state index in [0.29, 0.717) is 6.61 Å². The number of fused-ring (bicyclic) bond motifs is 1. The third-order valence-corrected chi connectivity index (χ3v) is 4.42. The molecule has 3 N–H and O–H groups in total. The maximum absolute atomic E-state index is 5.97. The molecule has 2 aromatic carbocycles. The molecule has 114 valence electrons. The Morgan fingerprint density at radius 2 is 1.86 bits per heavy atom. The first-order valence-electron chi connectivity index (χ1n) is 7.71. The lowest BCUT2D eigenvalue weighted by atomic mass is 9.87. The van der Waals surface area contributed by atoms with Gasteiger partial charge in [0.15, 0.2) is 0 Å². The fourth-order valence-electron chi connectivity index (χ4n) is 2.92. The van der Waals surface area contributed by atoms with Crippen molar-refractivity contribution in [3.63, 3.8) is 0 Å². The standard InChI is InChI=1S/C18H26N2O/c1-4-18(3,21-5-2)17(20-19)13-15-11-8-10-14-9-6-7-12-16(14)15/h6-12,17,20H,4-5,13,19H2,1-3H3. The maximum atomic E-state index is 5.97. The van der Waals surface area contributed by atoms with Crippen LogP contribution in [0.4, 0.5) is 0 Å². The lowest BCUT2D eigenvalue weighted by Gasteiger charge is -2.36. The van der Waals surface area contributed by atoms with Crippen LogP contribution in [0.5, 0.6) is 0 Å². The highest BCUT2D eigenvalue weighted by Gasteiger charge is 2.32. The molecule has 2 unspecified atom stereocenters. The van der Waals surface area contributed by atoms with E-state index < -0.39 is 0 Å². The Kier molecular flexibility index (Phi) is 5.34. The van der Waals surface area contributed by atoms with Crippen LogP contribution in [0, 0.1) is 0 Å². The topological polar surface area (TPSA) is 47.3 Å². The van der Waals surface area contributed by atoms with E-state index in [1.807, 2.05) is 6.92 Å². The first kappa shape index (κ1) is 16.0. The molecule has 0 aliphatic carbocycles. The molecule has 0 saturated heterocycles. The van der Waals surface area contributed by atoms with Crippen LogP contribution in [0.3, 0.4) is 0 Å². The summed E-state index contributed by atoms with van der Waals surface area (Å²) in [4.78, 5) is 0. The second-order valence-electron chi connectivity index (χ2n) is 5.66. The number of hydrogen-bond donors (Lipinski definition) is 2. The molecule has 0 aliphatic heterocycles. The number of nitrogens with two attached hydrogens (primary N) is 1. The molecular weight excluding hydrogens is 260 g/mol. The number of benzene rings is 2. The van der Waals surface area contributed by atoms with E-state index in [-0.39, 0.29) is 11.6 Å². The van der Waals surface area contributed by atoms with Gasteiger partial charge in [-0.3, -0.25) is 11.3 Å². The van der Waals surface area contributed by atoms with Crippen molar-refractivity contribution in [2.24, 2.45) is 5.84 Å². The van der Waals surface area contributed by atoms with E-state index >= 15 is 0 Å². The van der Waals surface area contributed by atoms with Crippen LogP contribution in [0.2, 0.25) is 0 Å². The monoisotopic (exact) mass is 286 g/mol. The van der Waals surface area contributed by atoms with Crippen LogP contribution in [0.25, 0.3) is 10.8 Å². The predicted octanol–water partition coefficient (Wildman–Crippen LogP) is 3.42. The summed E-state index contributed by atoms with van der Waals surface area (Å²) in [7, 11) is 0. The zero-order valence-corrected chi connectivity index (χ0v) is 13.2. The molecular formula is C18H26N2O. The van der Waals surface area contributed by atoms with Gasteiger partial charge in [-0.25, -0.2) is 0 Å². The third kappa shape index (κ3) is 3.43. The van der Waals surface area contributed by atoms with Crippen LogP contribution in [0.15, 0.2) is 42.5 Å². The molecule has 0 radical (unpaired) electrons. The molecule has 0 aromatic heterocycles. The minimum Gasteiger partial charge on any atom is -0.374 e. The maximum Gasteiger partial charge on any atom is 0.0820 e. The number of rotatable bonds is 7. The Balaban J connectivity index is 2.32. The molecule has 2 rings (SSSR count). The average Bonchev–Trinajstić information content (AvgIpc) is 2.52. The zero-order valence-electron chi connectivity index (χ0n) is 13.2. The normalized spacial score (nSPS) is 15.8. The second-order valence-corrected chi connectivity index (χ2v) is 5.66. The lowest BCUT2D eigenvalue weighted by molar-refractivity contribution is -0.0550. The fourth-order valence-corrected chi connectivity index (χ4v) is 2.92. The lowest BCUT2D eigenvalue weighted by Crippen LogP contribution is -2.54. The smallest absolute Gasteiger partial charge is 0.0820 e. The van der Waals surface area contributed by atoms with Crippen LogP contribution in [-0.2, 0) is 11.2 Å². The van der Waals surface area contributed by atoms with Gasteiger partial charge in [-0.1, -0.05) is 49.4 Å². The fraction of sp³-hybridized carbons (Fsp3) is 0.444. The third-order valence-electron chi connectivity index (χ3n) is 4.42. The van der Waals surface area contributed by atoms with Gasteiger partial charge in [-0.2, -0.15) is 0 Å². The zero-order chi connectivity index (χ0) is 15.3. The van der Waals surface area contributed by atoms with Crippen molar-refractivity contribution in [1.29, 1.82) is 0 Å². The summed E-state index contributed by atoms with van der Waals surface area (Å²) in [6.07, 6.45) is 1.77. The number of ether oxygens (including phenoxy) is 1. The molecule has 0 aliphatic rings. The van der Waals surface area contributed by atoms with Crippen LogP contribution < -0.4 is 11.3 Å². The SMILES string of the molecule is CCOC(C)(CC)C(Cc1cccc2ccccc12)NN. The van der Waals surface area contributed by atoms with Crippen molar-refractivity contribution in [1.82, 2.24) is 5.43 Å².